The Morgan fingerprint density at radius 2 is 2.00 bits per heavy atom. The van der Waals surface area contributed by atoms with Crippen LogP contribution in [0.25, 0.3) is 22.1 Å². The van der Waals surface area contributed by atoms with E-state index in [9.17, 15) is 10.1 Å². The molecule has 2 aromatic carbocycles. The van der Waals surface area contributed by atoms with Crippen LogP contribution in [0.4, 0.5) is 5.69 Å². The van der Waals surface area contributed by atoms with Gasteiger partial charge in [-0.2, -0.15) is 0 Å². The molecule has 0 N–H and O–H groups in total. The van der Waals surface area contributed by atoms with Crippen LogP contribution in [0, 0.1) is 10.1 Å². The number of fused-ring (bicyclic) bond motifs is 3. The largest absolute Gasteiger partial charge is 0.451 e. The van der Waals surface area contributed by atoms with E-state index in [1.54, 1.807) is 12.1 Å². The number of nitrogens with zero attached hydrogens (tertiary/aromatic N) is 3. The molecule has 0 aliphatic rings. The first-order chi connectivity index (χ1) is 12.1. The molecule has 25 heavy (non-hydrogen) atoms. The molecule has 1 atom stereocenters. The first kappa shape index (κ1) is 15.6. The summed E-state index contributed by atoms with van der Waals surface area (Å²) in [4.78, 5) is 19.3. The van der Waals surface area contributed by atoms with Crippen LogP contribution in [0.5, 0.6) is 0 Å². The van der Waals surface area contributed by atoms with Crippen molar-refractivity contribution in [2.24, 2.45) is 0 Å². The SMILES string of the molecule is C[C@H](Sc1ncnc2c1oc1ccccc12)c1cccc([N+](=O)[O-])c1. The van der Waals surface area contributed by atoms with Gasteiger partial charge in [0.15, 0.2) is 5.58 Å². The quantitative estimate of drug-likeness (QED) is 0.219. The molecule has 0 spiro atoms. The number of non-ortho nitro benzene ring substituents is 1. The second-order valence-corrected chi connectivity index (χ2v) is 6.90. The molecule has 2 aromatic heterocycles. The highest BCUT2D eigenvalue weighted by Gasteiger charge is 2.18. The van der Waals surface area contributed by atoms with E-state index in [4.69, 9.17) is 4.42 Å². The number of benzene rings is 2. The lowest BCUT2D eigenvalue weighted by molar-refractivity contribution is -0.384. The van der Waals surface area contributed by atoms with Crippen molar-refractivity contribution in [3.63, 3.8) is 0 Å². The van der Waals surface area contributed by atoms with Gasteiger partial charge in [-0.25, -0.2) is 9.97 Å². The average molecular weight is 351 g/mol. The highest BCUT2D eigenvalue weighted by atomic mass is 32.2. The molecule has 0 bridgehead atoms. The number of para-hydroxylation sites is 1. The minimum atomic E-state index is -0.386. The second kappa shape index (κ2) is 6.18. The maximum absolute atomic E-state index is 11.0. The van der Waals surface area contributed by atoms with E-state index in [1.165, 1.54) is 24.2 Å². The number of nitro groups is 1. The number of aromatic nitrogens is 2. The molecular weight excluding hydrogens is 338 g/mol. The summed E-state index contributed by atoms with van der Waals surface area (Å²) in [6, 6.07) is 14.4. The summed E-state index contributed by atoms with van der Waals surface area (Å²) < 4.78 is 5.93. The fraction of sp³-hybridized carbons (Fsp3) is 0.111. The molecule has 0 saturated heterocycles. The standard InChI is InChI=1S/C18H13N3O3S/c1-11(12-5-4-6-13(9-12)21(22)23)25-18-17-16(19-10-20-18)14-7-2-3-8-15(14)24-17/h2-11H,1H3/t11-/m0/s1. The van der Waals surface area contributed by atoms with Gasteiger partial charge in [0.25, 0.3) is 5.69 Å². The Kier molecular flexibility index (Phi) is 3.85. The summed E-state index contributed by atoms with van der Waals surface area (Å²) in [5.74, 6) is 0. The smallest absolute Gasteiger partial charge is 0.269 e. The van der Waals surface area contributed by atoms with Gasteiger partial charge < -0.3 is 4.42 Å². The van der Waals surface area contributed by atoms with Crippen molar-refractivity contribution in [3.05, 3.63) is 70.5 Å². The maximum Gasteiger partial charge on any atom is 0.269 e. The lowest BCUT2D eigenvalue weighted by Crippen LogP contribution is -1.94. The molecule has 0 saturated carbocycles. The summed E-state index contributed by atoms with van der Waals surface area (Å²) in [6.45, 7) is 1.99. The number of furan rings is 1. The highest BCUT2D eigenvalue weighted by Crippen LogP contribution is 2.39. The molecule has 2 heterocycles. The van der Waals surface area contributed by atoms with Crippen molar-refractivity contribution in [1.82, 2.24) is 9.97 Å². The van der Waals surface area contributed by atoms with Crippen LogP contribution in [0.2, 0.25) is 0 Å². The van der Waals surface area contributed by atoms with Gasteiger partial charge in [-0.05, 0) is 24.6 Å². The Bertz CT molecular complexity index is 1090. The lowest BCUT2D eigenvalue weighted by atomic mass is 10.1. The van der Waals surface area contributed by atoms with Crippen molar-refractivity contribution in [2.45, 2.75) is 17.2 Å². The van der Waals surface area contributed by atoms with Crippen molar-refractivity contribution >= 4 is 39.5 Å². The van der Waals surface area contributed by atoms with E-state index in [0.717, 1.165) is 27.1 Å². The third kappa shape index (κ3) is 2.83. The van der Waals surface area contributed by atoms with Gasteiger partial charge in [0.05, 0.1) is 4.92 Å². The monoisotopic (exact) mass is 351 g/mol. The minimum Gasteiger partial charge on any atom is -0.451 e. The molecule has 6 nitrogen and oxygen atoms in total. The van der Waals surface area contributed by atoms with Crippen LogP contribution < -0.4 is 0 Å². The van der Waals surface area contributed by atoms with Crippen molar-refractivity contribution in [3.8, 4) is 0 Å². The van der Waals surface area contributed by atoms with Crippen LogP contribution >= 0.6 is 11.8 Å². The van der Waals surface area contributed by atoms with Crippen molar-refractivity contribution in [1.29, 1.82) is 0 Å². The van der Waals surface area contributed by atoms with E-state index in [0.29, 0.717) is 5.58 Å². The summed E-state index contributed by atoms with van der Waals surface area (Å²) >= 11 is 1.49. The van der Waals surface area contributed by atoms with Crippen LogP contribution in [-0.4, -0.2) is 14.9 Å². The Balaban J connectivity index is 1.73. The minimum absolute atomic E-state index is 0.0220. The lowest BCUT2D eigenvalue weighted by Gasteiger charge is -2.10. The number of nitro benzene ring substituents is 1. The van der Waals surface area contributed by atoms with E-state index in [2.05, 4.69) is 9.97 Å². The van der Waals surface area contributed by atoms with Gasteiger partial charge in [0.1, 0.15) is 22.5 Å². The van der Waals surface area contributed by atoms with Crippen LogP contribution in [-0.2, 0) is 0 Å². The van der Waals surface area contributed by atoms with Gasteiger partial charge in [-0.15, -0.1) is 0 Å². The van der Waals surface area contributed by atoms with Gasteiger partial charge in [0.2, 0.25) is 0 Å². The summed E-state index contributed by atoms with van der Waals surface area (Å²) in [5, 5.41) is 12.6. The van der Waals surface area contributed by atoms with Crippen molar-refractivity contribution in [2.75, 3.05) is 0 Å². The van der Waals surface area contributed by atoms with Crippen LogP contribution in [0.3, 0.4) is 0 Å². The molecule has 0 fully saturated rings. The van der Waals surface area contributed by atoms with E-state index >= 15 is 0 Å². The van der Waals surface area contributed by atoms with Crippen molar-refractivity contribution < 1.29 is 9.34 Å². The van der Waals surface area contributed by atoms with E-state index < -0.39 is 0 Å². The molecular formula is C18H13N3O3S. The predicted octanol–water partition coefficient (Wildman–Crippen LogP) is 5.14. The third-order valence-corrected chi connectivity index (χ3v) is 5.10. The van der Waals surface area contributed by atoms with E-state index in [-0.39, 0.29) is 15.9 Å². The first-order valence-corrected chi connectivity index (χ1v) is 8.54. The van der Waals surface area contributed by atoms with Gasteiger partial charge in [-0.1, -0.05) is 36.0 Å². The molecule has 7 heteroatoms. The molecule has 124 valence electrons. The Labute approximate surface area is 147 Å². The van der Waals surface area contributed by atoms with Crippen LogP contribution in [0.15, 0.2) is 64.3 Å². The average Bonchev–Trinajstić information content (AvgIpc) is 3.01. The zero-order chi connectivity index (χ0) is 17.4. The third-order valence-electron chi connectivity index (χ3n) is 3.96. The summed E-state index contributed by atoms with van der Waals surface area (Å²) in [7, 11) is 0. The molecule has 0 radical (unpaired) electrons. The second-order valence-electron chi connectivity index (χ2n) is 5.57. The number of hydrogen-bond donors (Lipinski definition) is 0. The summed E-state index contributed by atoms with van der Waals surface area (Å²) in [6.07, 6.45) is 1.52. The van der Waals surface area contributed by atoms with Gasteiger partial charge >= 0.3 is 0 Å². The fourth-order valence-electron chi connectivity index (χ4n) is 2.71. The highest BCUT2D eigenvalue weighted by molar-refractivity contribution is 7.99. The Morgan fingerprint density at radius 3 is 2.84 bits per heavy atom. The van der Waals surface area contributed by atoms with Gasteiger partial charge in [-0.3, -0.25) is 10.1 Å². The summed E-state index contributed by atoms with van der Waals surface area (Å²) in [5.41, 5.74) is 3.14. The van der Waals surface area contributed by atoms with Crippen LogP contribution in [0.1, 0.15) is 17.7 Å². The molecule has 0 aliphatic carbocycles. The fourth-order valence-corrected chi connectivity index (χ4v) is 3.68. The van der Waals surface area contributed by atoms with Gasteiger partial charge in [0, 0.05) is 22.8 Å². The molecule has 0 amide bonds. The molecule has 4 aromatic rings. The Morgan fingerprint density at radius 1 is 1.16 bits per heavy atom. The normalized spacial score (nSPS) is 12.5. The Hall–Kier alpha value is -2.93. The molecule has 0 unspecified atom stereocenters. The zero-order valence-corrected chi connectivity index (χ0v) is 14.1. The topological polar surface area (TPSA) is 82.1 Å². The number of thioether (sulfide) groups is 1. The van der Waals surface area contributed by atoms with E-state index in [1.807, 2.05) is 37.3 Å². The first-order valence-electron chi connectivity index (χ1n) is 7.67. The maximum atomic E-state index is 11.0. The number of hydrogen-bond acceptors (Lipinski definition) is 6. The molecule has 4 rings (SSSR count). The zero-order valence-electron chi connectivity index (χ0n) is 13.2. The number of rotatable bonds is 4. The predicted molar refractivity (Wildman–Crippen MR) is 96.7 cm³/mol. The molecule has 0 aliphatic heterocycles.